The van der Waals surface area contributed by atoms with E-state index in [1.54, 1.807) is 12.1 Å². The van der Waals surface area contributed by atoms with E-state index in [-0.39, 0.29) is 5.75 Å². The lowest BCUT2D eigenvalue weighted by Crippen LogP contribution is -2.45. The first kappa shape index (κ1) is 16.8. The van der Waals surface area contributed by atoms with Crippen LogP contribution in [0.4, 0.5) is 4.79 Å². The van der Waals surface area contributed by atoms with Crippen molar-refractivity contribution in [2.75, 3.05) is 7.11 Å². The molecule has 1 unspecified atom stereocenters. The summed E-state index contributed by atoms with van der Waals surface area (Å²) < 4.78 is 5.73. The lowest BCUT2D eigenvalue weighted by Gasteiger charge is -2.29. The summed E-state index contributed by atoms with van der Waals surface area (Å²) in [5, 5.41) is 15.1. The number of halogens is 2. The molecule has 1 heterocycles. The van der Waals surface area contributed by atoms with E-state index in [0.717, 1.165) is 0 Å². The fourth-order valence-electron chi connectivity index (χ4n) is 2.25. The first-order valence-corrected chi connectivity index (χ1v) is 8.04. The van der Waals surface area contributed by atoms with Crippen molar-refractivity contribution in [1.82, 2.24) is 10.6 Å². The van der Waals surface area contributed by atoms with Gasteiger partial charge in [0.1, 0.15) is 5.75 Å². The van der Waals surface area contributed by atoms with Gasteiger partial charge in [-0.1, -0.05) is 6.92 Å². The number of hydrogen-bond acceptors (Lipinski definition) is 4. The molecule has 1 aliphatic rings. The van der Waals surface area contributed by atoms with Crippen molar-refractivity contribution in [3.63, 3.8) is 0 Å². The van der Waals surface area contributed by atoms with Crippen molar-refractivity contribution >= 4 is 43.9 Å². The molecule has 118 valence electrons. The number of phenolic OH excluding ortho intramolecular Hbond substituents is 1. The standard InChI is InChI=1S/C14H14Br2N2O4/c1-3-9-10(13(20)22-2)11(18-14(21)17-9)6-4-7(15)12(19)8(16)5-6/h4-5,11,19H,3H2,1-2H3,(H2,17,18,21). The van der Waals surface area contributed by atoms with Crippen molar-refractivity contribution in [2.45, 2.75) is 19.4 Å². The van der Waals surface area contributed by atoms with Gasteiger partial charge in [0, 0.05) is 5.70 Å². The molecule has 0 bridgehead atoms. The van der Waals surface area contributed by atoms with Gasteiger partial charge in [0.05, 0.1) is 27.7 Å². The van der Waals surface area contributed by atoms with Crippen LogP contribution in [-0.4, -0.2) is 24.2 Å². The maximum Gasteiger partial charge on any atom is 0.337 e. The van der Waals surface area contributed by atoms with Gasteiger partial charge in [-0.3, -0.25) is 0 Å². The van der Waals surface area contributed by atoms with Crippen LogP contribution in [0.25, 0.3) is 0 Å². The third-order valence-corrected chi connectivity index (χ3v) is 4.49. The Hall–Kier alpha value is -1.54. The number of amides is 2. The minimum Gasteiger partial charge on any atom is -0.506 e. The van der Waals surface area contributed by atoms with E-state index in [2.05, 4.69) is 42.5 Å². The molecule has 1 aromatic carbocycles. The maximum absolute atomic E-state index is 12.1. The normalized spacial score (nSPS) is 17.8. The molecule has 6 nitrogen and oxygen atoms in total. The number of ether oxygens (including phenoxy) is 1. The van der Waals surface area contributed by atoms with Gasteiger partial charge < -0.3 is 20.5 Å². The van der Waals surface area contributed by atoms with Crippen molar-refractivity contribution in [1.29, 1.82) is 0 Å². The number of benzene rings is 1. The highest BCUT2D eigenvalue weighted by molar-refractivity contribution is 9.11. The summed E-state index contributed by atoms with van der Waals surface area (Å²) in [5.41, 5.74) is 1.49. The van der Waals surface area contributed by atoms with Crippen LogP contribution in [0.5, 0.6) is 5.75 Å². The summed E-state index contributed by atoms with van der Waals surface area (Å²) in [7, 11) is 1.29. The van der Waals surface area contributed by atoms with Crippen LogP contribution < -0.4 is 10.6 Å². The third kappa shape index (κ3) is 3.12. The van der Waals surface area contributed by atoms with Crippen molar-refractivity contribution in [3.05, 3.63) is 37.9 Å². The zero-order valence-corrected chi connectivity index (χ0v) is 15.0. The second-order valence-electron chi connectivity index (χ2n) is 4.60. The Morgan fingerprint density at radius 1 is 1.36 bits per heavy atom. The molecule has 0 aliphatic carbocycles. The average molecular weight is 434 g/mol. The smallest absolute Gasteiger partial charge is 0.337 e. The molecule has 0 spiro atoms. The number of esters is 1. The monoisotopic (exact) mass is 432 g/mol. The number of rotatable bonds is 3. The lowest BCUT2D eigenvalue weighted by atomic mass is 9.94. The molecule has 1 aliphatic heterocycles. The van der Waals surface area contributed by atoms with Crippen LogP contribution in [-0.2, 0) is 9.53 Å². The van der Waals surface area contributed by atoms with Crippen molar-refractivity contribution in [2.24, 2.45) is 0 Å². The largest absolute Gasteiger partial charge is 0.506 e. The number of allylic oxidation sites excluding steroid dienone is 1. The minimum atomic E-state index is -0.663. The van der Waals surface area contributed by atoms with Gasteiger partial charge in [0.25, 0.3) is 0 Å². The van der Waals surface area contributed by atoms with E-state index in [1.165, 1.54) is 7.11 Å². The van der Waals surface area contributed by atoms with Crippen LogP contribution in [0.1, 0.15) is 24.9 Å². The number of phenols is 1. The summed E-state index contributed by atoms with van der Waals surface area (Å²) in [4.78, 5) is 23.9. The lowest BCUT2D eigenvalue weighted by molar-refractivity contribution is -0.136. The first-order valence-electron chi connectivity index (χ1n) is 6.45. The molecule has 0 fully saturated rings. The zero-order valence-electron chi connectivity index (χ0n) is 11.9. The van der Waals surface area contributed by atoms with Gasteiger partial charge >= 0.3 is 12.0 Å². The zero-order chi connectivity index (χ0) is 16.4. The summed E-state index contributed by atoms with van der Waals surface area (Å²) in [6.45, 7) is 1.84. The molecule has 22 heavy (non-hydrogen) atoms. The van der Waals surface area contributed by atoms with Gasteiger partial charge in [-0.05, 0) is 56.0 Å². The quantitative estimate of drug-likeness (QED) is 0.639. The van der Waals surface area contributed by atoms with Gasteiger partial charge in [-0.25, -0.2) is 9.59 Å². The predicted molar refractivity (Wildman–Crippen MR) is 87.2 cm³/mol. The molecular weight excluding hydrogens is 420 g/mol. The van der Waals surface area contributed by atoms with E-state index in [0.29, 0.717) is 32.2 Å². The maximum atomic E-state index is 12.1. The summed E-state index contributed by atoms with van der Waals surface area (Å²) >= 11 is 6.49. The number of aromatic hydroxyl groups is 1. The average Bonchev–Trinajstić information content (AvgIpc) is 2.50. The molecule has 2 rings (SSSR count). The Kier molecular flexibility index (Phi) is 5.12. The van der Waals surface area contributed by atoms with Crippen LogP contribution in [0.3, 0.4) is 0 Å². The molecule has 1 atom stereocenters. The Labute approximate surface area is 144 Å². The Morgan fingerprint density at radius 3 is 2.45 bits per heavy atom. The van der Waals surface area contributed by atoms with E-state index < -0.39 is 18.0 Å². The number of urea groups is 1. The molecule has 1 aromatic rings. The fourth-order valence-corrected chi connectivity index (χ4v) is 3.47. The number of carbonyl (C=O) groups excluding carboxylic acids is 2. The highest BCUT2D eigenvalue weighted by Crippen LogP contribution is 2.38. The summed E-state index contributed by atoms with van der Waals surface area (Å²) in [6.07, 6.45) is 0.481. The van der Waals surface area contributed by atoms with Crippen molar-refractivity contribution in [3.8, 4) is 5.75 Å². The Morgan fingerprint density at radius 2 is 1.95 bits per heavy atom. The van der Waals surface area contributed by atoms with Crippen LogP contribution in [0.15, 0.2) is 32.3 Å². The van der Waals surface area contributed by atoms with Gasteiger partial charge in [-0.15, -0.1) is 0 Å². The van der Waals surface area contributed by atoms with E-state index in [4.69, 9.17) is 4.74 Å². The number of methoxy groups -OCH3 is 1. The number of hydrogen-bond donors (Lipinski definition) is 3. The summed E-state index contributed by atoms with van der Waals surface area (Å²) in [5.74, 6) is -0.474. The molecule has 0 saturated heterocycles. The molecule has 2 amide bonds. The van der Waals surface area contributed by atoms with Crippen molar-refractivity contribution < 1.29 is 19.4 Å². The fraction of sp³-hybridized carbons (Fsp3) is 0.286. The Balaban J connectivity index is 2.60. The Bertz CT molecular complexity index is 650. The number of carbonyl (C=O) groups is 2. The van der Waals surface area contributed by atoms with Crippen LogP contribution >= 0.6 is 31.9 Å². The second-order valence-corrected chi connectivity index (χ2v) is 6.31. The van der Waals surface area contributed by atoms with E-state index >= 15 is 0 Å². The SMILES string of the molecule is CCC1=C(C(=O)OC)C(c2cc(Br)c(O)c(Br)c2)NC(=O)N1. The molecule has 8 heteroatoms. The van der Waals surface area contributed by atoms with Gasteiger partial charge in [0.15, 0.2) is 0 Å². The topological polar surface area (TPSA) is 87.7 Å². The molecule has 0 radical (unpaired) electrons. The van der Waals surface area contributed by atoms with E-state index in [1.807, 2.05) is 6.92 Å². The molecule has 0 saturated carbocycles. The molecule has 3 N–H and O–H groups in total. The summed E-state index contributed by atoms with van der Waals surface area (Å²) in [6, 6.07) is 2.23. The first-order chi connectivity index (χ1) is 10.4. The third-order valence-electron chi connectivity index (χ3n) is 3.29. The molecular formula is C14H14Br2N2O4. The number of nitrogens with one attached hydrogen (secondary N) is 2. The highest BCUT2D eigenvalue weighted by atomic mass is 79.9. The second kappa shape index (κ2) is 6.70. The highest BCUT2D eigenvalue weighted by Gasteiger charge is 2.33. The predicted octanol–water partition coefficient (Wildman–Crippen LogP) is 3.11. The van der Waals surface area contributed by atoms with Gasteiger partial charge in [0.2, 0.25) is 0 Å². The molecule has 0 aromatic heterocycles. The van der Waals surface area contributed by atoms with Gasteiger partial charge in [-0.2, -0.15) is 0 Å². The van der Waals surface area contributed by atoms with E-state index in [9.17, 15) is 14.7 Å². The minimum absolute atomic E-state index is 0.0447. The van der Waals surface area contributed by atoms with Crippen LogP contribution in [0, 0.1) is 0 Å². The van der Waals surface area contributed by atoms with Crippen LogP contribution in [0.2, 0.25) is 0 Å².